The lowest BCUT2D eigenvalue weighted by Crippen LogP contribution is -2.37. The van der Waals surface area contributed by atoms with Crippen LogP contribution in [0.3, 0.4) is 0 Å². The van der Waals surface area contributed by atoms with Gasteiger partial charge in [0.2, 0.25) is 11.8 Å². The lowest BCUT2D eigenvalue weighted by atomic mass is 9.93. The zero-order chi connectivity index (χ0) is 25.0. The second-order valence-corrected chi connectivity index (χ2v) is 10.1. The molecule has 37 heavy (non-hydrogen) atoms. The van der Waals surface area contributed by atoms with Crippen molar-refractivity contribution in [3.8, 4) is 22.2 Å². The predicted molar refractivity (Wildman–Crippen MR) is 141 cm³/mol. The number of rotatable bonds is 7. The van der Waals surface area contributed by atoms with Crippen LogP contribution in [-0.4, -0.2) is 68.7 Å². The number of anilines is 4. The molecule has 1 saturated heterocycles. The average molecular weight is 521 g/mol. The van der Waals surface area contributed by atoms with Gasteiger partial charge in [-0.15, -0.1) is 10.2 Å². The quantitative estimate of drug-likeness (QED) is 0.327. The number of nitrogens with zero attached hydrogens (tertiary/aromatic N) is 6. The molecule has 0 amide bonds. The minimum absolute atomic E-state index is 0.211. The van der Waals surface area contributed by atoms with Crippen LogP contribution in [-0.2, 0) is 4.74 Å². The fourth-order valence-electron chi connectivity index (χ4n) is 4.48. The van der Waals surface area contributed by atoms with Crippen molar-refractivity contribution in [1.29, 1.82) is 0 Å². The molecule has 6 rings (SSSR count). The third kappa shape index (κ3) is 5.71. The topological polar surface area (TPSA) is 134 Å². The van der Waals surface area contributed by atoms with E-state index in [9.17, 15) is 5.11 Å². The standard InChI is InChI=1S/C25H28N8O3S/c34-18-8-6-17(7-9-18)27-24-28-20(14-21(30-24)33-10-12-35-13-11-33)29-25-26-15-19(37-25)23-32-31-22(36-23)16-4-2-1-3-5-16/h1-5,14-15,17-18,34H,6-13H2,(H2,26,27,28,29,30). The third-order valence-corrected chi connectivity index (χ3v) is 7.38. The number of morpholine rings is 1. The molecular weight excluding hydrogens is 492 g/mol. The second kappa shape index (κ2) is 10.8. The van der Waals surface area contributed by atoms with Gasteiger partial charge in [0.25, 0.3) is 5.89 Å². The molecule has 1 aromatic carbocycles. The number of benzene rings is 1. The van der Waals surface area contributed by atoms with E-state index in [1.807, 2.05) is 36.4 Å². The van der Waals surface area contributed by atoms with Crippen LogP contribution in [0.25, 0.3) is 22.2 Å². The number of thiazole rings is 1. The van der Waals surface area contributed by atoms with E-state index < -0.39 is 0 Å². The minimum Gasteiger partial charge on any atom is -0.415 e. The average Bonchev–Trinajstić information content (AvgIpc) is 3.61. The molecule has 192 valence electrons. The van der Waals surface area contributed by atoms with Crippen LogP contribution in [0.2, 0.25) is 0 Å². The van der Waals surface area contributed by atoms with Gasteiger partial charge in [-0.3, -0.25) is 0 Å². The van der Waals surface area contributed by atoms with Crippen molar-refractivity contribution in [3.63, 3.8) is 0 Å². The Kier molecular flexibility index (Phi) is 6.93. The summed E-state index contributed by atoms with van der Waals surface area (Å²) in [6, 6.07) is 11.8. The van der Waals surface area contributed by atoms with Crippen molar-refractivity contribution in [3.05, 3.63) is 42.6 Å². The smallest absolute Gasteiger partial charge is 0.259 e. The van der Waals surface area contributed by atoms with E-state index in [0.29, 0.717) is 41.9 Å². The van der Waals surface area contributed by atoms with Crippen molar-refractivity contribution in [2.24, 2.45) is 0 Å². The molecule has 0 atom stereocenters. The minimum atomic E-state index is -0.211. The summed E-state index contributed by atoms with van der Waals surface area (Å²) in [5, 5.41) is 25.7. The SMILES string of the molecule is OC1CCC(Nc2nc(Nc3ncc(-c4nnc(-c5ccccc5)o4)s3)cc(N3CCOCC3)n2)CC1. The lowest BCUT2D eigenvalue weighted by molar-refractivity contribution is 0.122. The van der Waals surface area contributed by atoms with Gasteiger partial charge >= 0.3 is 0 Å². The van der Waals surface area contributed by atoms with Crippen LogP contribution in [0, 0.1) is 0 Å². The summed E-state index contributed by atoms with van der Waals surface area (Å²) in [5.41, 5.74) is 0.869. The molecule has 0 bridgehead atoms. The molecule has 1 aliphatic heterocycles. The van der Waals surface area contributed by atoms with E-state index in [-0.39, 0.29) is 12.1 Å². The third-order valence-electron chi connectivity index (χ3n) is 6.47. The van der Waals surface area contributed by atoms with E-state index >= 15 is 0 Å². The highest BCUT2D eigenvalue weighted by Gasteiger charge is 2.22. The number of ether oxygens (including phenoxy) is 1. The van der Waals surface area contributed by atoms with Crippen LogP contribution in [0.5, 0.6) is 0 Å². The van der Waals surface area contributed by atoms with Crippen LogP contribution in [0.4, 0.5) is 22.7 Å². The fraction of sp³-hybridized carbons (Fsp3) is 0.400. The van der Waals surface area contributed by atoms with Crippen LogP contribution in [0.1, 0.15) is 25.7 Å². The Morgan fingerprint density at radius 3 is 2.57 bits per heavy atom. The molecule has 3 N–H and O–H groups in total. The van der Waals surface area contributed by atoms with E-state index in [1.165, 1.54) is 11.3 Å². The normalized spacial score (nSPS) is 20.1. The molecule has 1 saturated carbocycles. The summed E-state index contributed by atoms with van der Waals surface area (Å²) in [6.45, 7) is 2.88. The number of hydrogen-bond acceptors (Lipinski definition) is 12. The van der Waals surface area contributed by atoms with Crippen LogP contribution in [0.15, 0.2) is 47.0 Å². The lowest BCUT2D eigenvalue weighted by Gasteiger charge is -2.29. The van der Waals surface area contributed by atoms with Crippen molar-refractivity contribution in [2.75, 3.05) is 41.8 Å². The highest BCUT2D eigenvalue weighted by Crippen LogP contribution is 2.32. The molecule has 2 fully saturated rings. The molecule has 3 aromatic heterocycles. The van der Waals surface area contributed by atoms with Gasteiger partial charge in [-0.2, -0.15) is 9.97 Å². The Morgan fingerprint density at radius 1 is 0.973 bits per heavy atom. The molecule has 0 spiro atoms. The zero-order valence-corrected chi connectivity index (χ0v) is 21.0. The maximum Gasteiger partial charge on any atom is 0.259 e. The Balaban J connectivity index is 1.21. The fourth-order valence-corrected chi connectivity index (χ4v) is 5.23. The zero-order valence-electron chi connectivity index (χ0n) is 20.2. The second-order valence-electron chi connectivity index (χ2n) is 9.12. The number of hydrogen-bond donors (Lipinski definition) is 3. The first-order valence-electron chi connectivity index (χ1n) is 12.5. The number of aliphatic hydroxyl groups excluding tert-OH is 1. The maximum absolute atomic E-state index is 9.85. The van der Waals surface area contributed by atoms with Gasteiger partial charge < -0.3 is 29.8 Å². The Hall–Kier alpha value is -3.61. The number of aromatic nitrogens is 5. The van der Waals surface area contributed by atoms with Gasteiger partial charge in [0, 0.05) is 30.8 Å². The van der Waals surface area contributed by atoms with E-state index in [4.69, 9.17) is 19.1 Å². The molecule has 4 heterocycles. The maximum atomic E-state index is 9.85. The molecule has 12 heteroatoms. The van der Waals surface area contributed by atoms with Crippen molar-refractivity contribution < 1.29 is 14.3 Å². The first kappa shape index (κ1) is 23.8. The van der Waals surface area contributed by atoms with Gasteiger partial charge in [0.05, 0.1) is 25.5 Å². The summed E-state index contributed by atoms with van der Waals surface area (Å²) >= 11 is 1.41. The number of nitrogens with one attached hydrogen (secondary N) is 2. The van der Waals surface area contributed by atoms with Crippen LogP contribution >= 0.6 is 11.3 Å². The molecular formula is C25H28N8O3S. The first-order chi connectivity index (χ1) is 18.2. The molecule has 4 aromatic rings. The highest BCUT2D eigenvalue weighted by molar-refractivity contribution is 7.18. The summed E-state index contributed by atoms with van der Waals surface area (Å²) in [7, 11) is 0. The Morgan fingerprint density at radius 2 is 1.76 bits per heavy atom. The van der Waals surface area contributed by atoms with Gasteiger partial charge in [0.15, 0.2) is 5.13 Å². The Bertz CT molecular complexity index is 1320. The number of aliphatic hydroxyl groups is 1. The highest BCUT2D eigenvalue weighted by atomic mass is 32.1. The van der Waals surface area contributed by atoms with Crippen molar-refractivity contribution in [2.45, 2.75) is 37.8 Å². The van der Waals surface area contributed by atoms with E-state index in [2.05, 4.69) is 30.7 Å². The van der Waals surface area contributed by atoms with Crippen LogP contribution < -0.4 is 15.5 Å². The monoisotopic (exact) mass is 520 g/mol. The predicted octanol–water partition coefficient (Wildman–Crippen LogP) is 3.95. The van der Waals surface area contributed by atoms with E-state index in [0.717, 1.165) is 55.0 Å². The van der Waals surface area contributed by atoms with E-state index in [1.54, 1.807) is 6.20 Å². The van der Waals surface area contributed by atoms with Gasteiger partial charge in [0.1, 0.15) is 16.5 Å². The summed E-state index contributed by atoms with van der Waals surface area (Å²) in [5.74, 6) is 2.93. The van der Waals surface area contributed by atoms with Crippen molar-refractivity contribution in [1.82, 2.24) is 25.1 Å². The molecule has 2 aliphatic rings. The van der Waals surface area contributed by atoms with Gasteiger partial charge in [-0.25, -0.2) is 4.98 Å². The summed E-state index contributed by atoms with van der Waals surface area (Å²) in [6.07, 6.45) is 4.86. The van der Waals surface area contributed by atoms with Crippen molar-refractivity contribution >= 4 is 34.1 Å². The molecule has 1 aliphatic carbocycles. The molecule has 0 unspecified atom stereocenters. The van der Waals surface area contributed by atoms with Gasteiger partial charge in [-0.1, -0.05) is 29.5 Å². The molecule has 0 radical (unpaired) electrons. The van der Waals surface area contributed by atoms with Gasteiger partial charge in [-0.05, 0) is 37.8 Å². The largest absolute Gasteiger partial charge is 0.415 e. The first-order valence-corrected chi connectivity index (χ1v) is 13.3. The molecule has 11 nitrogen and oxygen atoms in total. The summed E-state index contributed by atoms with van der Waals surface area (Å²) in [4.78, 5) is 17.0. The summed E-state index contributed by atoms with van der Waals surface area (Å²) < 4.78 is 11.4. The Labute approximate surface area is 218 Å².